The molecule has 6 heteroatoms. The van der Waals surface area contributed by atoms with Gasteiger partial charge in [-0.3, -0.25) is 4.98 Å². The lowest BCUT2D eigenvalue weighted by molar-refractivity contribution is 0.0599. The number of methoxy groups -OCH3 is 2. The maximum atomic E-state index is 13.6. The van der Waals surface area contributed by atoms with Gasteiger partial charge in [0.1, 0.15) is 5.82 Å². The third-order valence-electron chi connectivity index (χ3n) is 3.45. The molecule has 0 N–H and O–H groups in total. The topological polar surface area (TPSA) is 65.5 Å². The van der Waals surface area contributed by atoms with Crippen LogP contribution >= 0.6 is 0 Å². The molecule has 1 heterocycles. The fourth-order valence-corrected chi connectivity index (χ4v) is 2.49. The molecule has 1 aromatic carbocycles. The second-order valence-corrected chi connectivity index (χ2v) is 4.90. The summed E-state index contributed by atoms with van der Waals surface area (Å²) in [6.07, 6.45) is 0. The summed E-state index contributed by atoms with van der Waals surface area (Å²) in [5.41, 5.74) is 1.64. The van der Waals surface area contributed by atoms with Gasteiger partial charge >= 0.3 is 11.9 Å². The molecule has 0 atom stereocenters. The van der Waals surface area contributed by atoms with E-state index >= 15 is 0 Å². The van der Waals surface area contributed by atoms with Crippen LogP contribution in [0.4, 0.5) is 4.39 Å². The van der Waals surface area contributed by atoms with Crippen LogP contribution in [0, 0.1) is 19.7 Å². The molecule has 1 aromatic heterocycles. The lowest BCUT2D eigenvalue weighted by Gasteiger charge is -2.16. The standard InChI is InChI=1S/C17H16FNO4/c1-9-13(16(20)22-3)15(11-6-5-7-12(18)8-11)14(10(2)19-9)17(21)23-4/h5-8H,1-4H3. The van der Waals surface area contributed by atoms with Gasteiger partial charge in [0.15, 0.2) is 0 Å². The maximum Gasteiger partial charge on any atom is 0.340 e. The minimum atomic E-state index is -0.653. The number of aromatic nitrogens is 1. The number of carbonyl (C=O) groups excluding carboxylic acids is 2. The molecule has 0 saturated heterocycles. The molecule has 5 nitrogen and oxygen atoms in total. The number of carbonyl (C=O) groups is 2. The average Bonchev–Trinajstić information content (AvgIpc) is 2.52. The summed E-state index contributed by atoms with van der Waals surface area (Å²) in [6, 6.07) is 5.63. The molecular formula is C17H16FNO4. The molecule has 120 valence electrons. The first-order valence-corrected chi connectivity index (χ1v) is 6.84. The van der Waals surface area contributed by atoms with Gasteiger partial charge in [-0.05, 0) is 31.5 Å². The number of nitrogens with zero attached hydrogens (tertiary/aromatic N) is 1. The molecule has 0 spiro atoms. The summed E-state index contributed by atoms with van der Waals surface area (Å²) in [7, 11) is 2.46. The molecule has 0 aliphatic heterocycles. The van der Waals surface area contributed by atoms with Crippen LogP contribution in [0.2, 0.25) is 0 Å². The van der Waals surface area contributed by atoms with Crippen molar-refractivity contribution in [2.45, 2.75) is 13.8 Å². The minimum Gasteiger partial charge on any atom is -0.465 e. The van der Waals surface area contributed by atoms with E-state index in [1.165, 1.54) is 32.4 Å². The van der Waals surface area contributed by atoms with Crippen molar-refractivity contribution < 1.29 is 23.5 Å². The van der Waals surface area contributed by atoms with Crippen molar-refractivity contribution >= 4 is 11.9 Å². The lowest BCUT2D eigenvalue weighted by Crippen LogP contribution is -2.16. The molecule has 2 rings (SSSR count). The van der Waals surface area contributed by atoms with Crippen LogP contribution in [0.15, 0.2) is 24.3 Å². The van der Waals surface area contributed by atoms with E-state index in [9.17, 15) is 14.0 Å². The van der Waals surface area contributed by atoms with Gasteiger partial charge in [-0.25, -0.2) is 14.0 Å². The number of benzene rings is 1. The lowest BCUT2D eigenvalue weighted by atomic mass is 9.92. The van der Waals surface area contributed by atoms with Crippen LogP contribution in [-0.4, -0.2) is 31.1 Å². The molecule has 0 fully saturated rings. The van der Waals surface area contributed by atoms with Crippen LogP contribution in [-0.2, 0) is 9.47 Å². The molecule has 0 saturated carbocycles. The Kier molecular flexibility index (Phi) is 4.74. The number of hydrogen-bond donors (Lipinski definition) is 0. The number of rotatable bonds is 3. The smallest absolute Gasteiger partial charge is 0.340 e. The zero-order valence-corrected chi connectivity index (χ0v) is 13.3. The summed E-state index contributed by atoms with van der Waals surface area (Å²) in [6.45, 7) is 3.26. The molecule has 0 unspecified atom stereocenters. The fourth-order valence-electron chi connectivity index (χ4n) is 2.49. The molecule has 0 amide bonds. The second kappa shape index (κ2) is 6.56. The molecule has 0 aliphatic carbocycles. The molecule has 0 radical (unpaired) electrons. The van der Waals surface area contributed by atoms with E-state index in [0.717, 1.165) is 0 Å². The predicted molar refractivity (Wildman–Crippen MR) is 81.8 cm³/mol. The van der Waals surface area contributed by atoms with E-state index in [1.807, 2.05) is 0 Å². The van der Waals surface area contributed by atoms with Crippen molar-refractivity contribution in [1.82, 2.24) is 4.98 Å². The zero-order chi connectivity index (χ0) is 17.1. The first-order valence-electron chi connectivity index (χ1n) is 6.84. The summed E-state index contributed by atoms with van der Waals surface area (Å²) in [4.78, 5) is 28.6. The van der Waals surface area contributed by atoms with Crippen molar-refractivity contribution in [1.29, 1.82) is 0 Å². The highest BCUT2D eigenvalue weighted by molar-refractivity contribution is 6.07. The third-order valence-corrected chi connectivity index (χ3v) is 3.45. The van der Waals surface area contributed by atoms with Crippen LogP contribution in [0.5, 0.6) is 0 Å². The van der Waals surface area contributed by atoms with E-state index in [0.29, 0.717) is 17.0 Å². The number of esters is 2. The first kappa shape index (κ1) is 16.6. The Morgan fingerprint density at radius 3 is 1.96 bits per heavy atom. The number of ether oxygens (including phenoxy) is 2. The van der Waals surface area contributed by atoms with Crippen LogP contribution in [0.3, 0.4) is 0 Å². The van der Waals surface area contributed by atoms with Gasteiger partial charge in [-0.2, -0.15) is 0 Å². The van der Waals surface area contributed by atoms with Gasteiger partial charge in [0.25, 0.3) is 0 Å². The molecule has 0 bridgehead atoms. The van der Waals surface area contributed by atoms with Crippen LogP contribution in [0.1, 0.15) is 32.1 Å². The number of aryl methyl sites for hydroxylation is 2. The number of halogens is 1. The van der Waals surface area contributed by atoms with E-state index in [4.69, 9.17) is 9.47 Å². The predicted octanol–water partition coefficient (Wildman–Crippen LogP) is 3.08. The quantitative estimate of drug-likeness (QED) is 0.814. The molecular weight excluding hydrogens is 301 g/mol. The summed E-state index contributed by atoms with van der Waals surface area (Å²) in [5, 5.41) is 0. The largest absolute Gasteiger partial charge is 0.465 e. The summed E-state index contributed by atoms with van der Waals surface area (Å²) < 4.78 is 23.2. The van der Waals surface area contributed by atoms with E-state index < -0.39 is 17.8 Å². The Bertz CT molecular complexity index is 746. The maximum absolute atomic E-state index is 13.6. The second-order valence-electron chi connectivity index (χ2n) is 4.90. The highest BCUT2D eigenvalue weighted by atomic mass is 19.1. The van der Waals surface area contributed by atoms with Crippen LogP contribution < -0.4 is 0 Å². The number of pyridine rings is 1. The zero-order valence-electron chi connectivity index (χ0n) is 13.3. The minimum absolute atomic E-state index is 0.115. The average molecular weight is 317 g/mol. The highest BCUT2D eigenvalue weighted by Crippen LogP contribution is 2.32. The Morgan fingerprint density at radius 1 is 1.00 bits per heavy atom. The highest BCUT2D eigenvalue weighted by Gasteiger charge is 2.27. The van der Waals surface area contributed by atoms with E-state index in [2.05, 4.69) is 4.98 Å². The van der Waals surface area contributed by atoms with E-state index in [-0.39, 0.29) is 16.7 Å². The van der Waals surface area contributed by atoms with E-state index in [1.54, 1.807) is 19.9 Å². The Balaban J connectivity index is 2.93. The van der Waals surface area contributed by atoms with Crippen molar-refractivity contribution in [3.05, 3.63) is 52.6 Å². The SMILES string of the molecule is COC(=O)c1c(C)nc(C)c(C(=O)OC)c1-c1cccc(F)c1. The Labute approximate surface area is 133 Å². The molecule has 0 aliphatic rings. The summed E-state index contributed by atoms with van der Waals surface area (Å²) in [5.74, 6) is -1.79. The Hall–Kier alpha value is -2.76. The van der Waals surface area contributed by atoms with Gasteiger partial charge in [0, 0.05) is 5.56 Å². The van der Waals surface area contributed by atoms with Crippen molar-refractivity contribution in [2.75, 3.05) is 14.2 Å². The van der Waals surface area contributed by atoms with Crippen LogP contribution in [0.25, 0.3) is 11.1 Å². The van der Waals surface area contributed by atoms with Gasteiger partial charge < -0.3 is 9.47 Å². The van der Waals surface area contributed by atoms with Gasteiger partial charge in [-0.15, -0.1) is 0 Å². The first-order chi connectivity index (χ1) is 10.9. The summed E-state index contributed by atoms with van der Waals surface area (Å²) >= 11 is 0. The molecule has 2 aromatic rings. The van der Waals surface area contributed by atoms with Crippen molar-refractivity contribution in [3.63, 3.8) is 0 Å². The van der Waals surface area contributed by atoms with Gasteiger partial charge in [-0.1, -0.05) is 12.1 Å². The van der Waals surface area contributed by atoms with Crippen molar-refractivity contribution in [2.24, 2.45) is 0 Å². The fraction of sp³-hybridized carbons (Fsp3) is 0.235. The number of hydrogen-bond acceptors (Lipinski definition) is 5. The van der Waals surface area contributed by atoms with Gasteiger partial charge in [0.05, 0.1) is 36.7 Å². The van der Waals surface area contributed by atoms with Crippen molar-refractivity contribution in [3.8, 4) is 11.1 Å². The molecule has 23 heavy (non-hydrogen) atoms. The normalized spacial score (nSPS) is 10.3. The monoisotopic (exact) mass is 317 g/mol. The van der Waals surface area contributed by atoms with Gasteiger partial charge in [0.2, 0.25) is 0 Å². The third kappa shape index (κ3) is 3.06. The Morgan fingerprint density at radius 2 is 1.52 bits per heavy atom.